The Bertz CT molecular complexity index is 610. The monoisotopic (exact) mass is 297 g/mol. The predicted octanol–water partition coefficient (Wildman–Crippen LogP) is 2.32. The maximum Gasteiger partial charge on any atom is 0.246 e. The SMILES string of the molecule is O=C1COCC(Cc2ccc(OCc3ccccc3)cc2)N1. The van der Waals surface area contributed by atoms with Gasteiger partial charge in [-0.25, -0.2) is 0 Å². The van der Waals surface area contributed by atoms with E-state index in [4.69, 9.17) is 9.47 Å². The molecule has 0 aliphatic carbocycles. The second-order valence-corrected chi connectivity index (χ2v) is 5.40. The molecule has 0 saturated carbocycles. The molecule has 3 rings (SSSR count). The summed E-state index contributed by atoms with van der Waals surface area (Å²) in [5, 5.41) is 2.93. The van der Waals surface area contributed by atoms with Crippen LogP contribution in [0.15, 0.2) is 54.6 Å². The van der Waals surface area contributed by atoms with Crippen LogP contribution in [0.2, 0.25) is 0 Å². The van der Waals surface area contributed by atoms with Crippen molar-refractivity contribution in [2.75, 3.05) is 13.2 Å². The summed E-state index contributed by atoms with van der Waals surface area (Å²) in [5.74, 6) is 0.801. The maximum absolute atomic E-state index is 11.3. The molecule has 0 spiro atoms. The van der Waals surface area contributed by atoms with Gasteiger partial charge in [-0.05, 0) is 29.7 Å². The third-order valence-corrected chi connectivity index (χ3v) is 3.57. The normalized spacial score (nSPS) is 17.8. The summed E-state index contributed by atoms with van der Waals surface area (Å²) in [4.78, 5) is 11.3. The number of carbonyl (C=O) groups excluding carboxylic acids is 1. The highest BCUT2D eigenvalue weighted by molar-refractivity contribution is 5.78. The molecule has 114 valence electrons. The average Bonchev–Trinajstić information content (AvgIpc) is 2.55. The third-order valence-electron chi connectivity index (χ3n) is 3.57. The lowest BCUT2D eigenvalue weighted by atomic mass is 10.1. The van der Waals surface area contributed by atoms with Gasteiger partial charge in [0.15, 0.2) is 0 Å². The Morgan fingerprint density at radius 1 is 1.05 bits per heavy atom. The van der Waals surface area contributed by atoms with E-state index in [1.165, 1.54) is 0 Å². The van der Waals surface area contributed by atoms with Crippen LogP contribution in [0.5, 0.6) is 5.75 Å². The third kappa shape index (κ3) is 4.09. The Morgan fingerprint density at radius 2 is 1.82 bits per heavy atom. The van der Waals surface area contributed by atoms with E-state index in [-0.39, 0.29) is 18.6 Å². The highest BCUT2D eigenvalue weighted by atomic mass is 16.5. The standard InChI is InChI=1S/C18H19NO3/c20-18-13-21-12-16(19-18)10-14-6-8-17(9-7-14)22-11-15-4-2-1-3-5-15/h1-9,16H,10-13H2,(H,19,20). The van der Waals surface area contributed by atoms with Crippen LogP contribution in [-0.4, -0.2) is 25.2 Å². The van der Waals surface area contributed by atoms with Crippen LogP contribution in [0.25, 0.3) is 0 Å². The number of amides is 1. The Balaban J connectivity index is 1.52. The van der Waals surface area contributed by atoms with Gasteiger partial charge in [-0.15, -0.1) is 0 Å². The van der Waals surface area contributed by atoms with Crippen molar-refractivity contribution in [3.8, 4) is 5.75 Å². The van der Waals surface area contributed by atoms with Gasteiger partial charge >= 0.3 is 0 Å². The molecule has 1 atom stereocenters. The first kappa shape index (κ1) is 14.6. The van der Waals surface area contributed by atoms with E-state index in [0.717, 1.165) is 23.3 Å². The quantitative estimate of drug-likeness (QED) is 0.921. The van der Waals surface area contributed by atoms with Crippen LogP contribution in [-0.2, 0) is 22.6 Å². The molecule has 0 aromatic heterocycles. The van der Waals surface area contributed by atoms with E-state index < -0.39 is 0 Å². The van der Waals surface area contributed by atoms with Crippen molar-refractivity contribution in [3.05, 3.63) is 65.7 Å². The second kappa shape index (κ2) is 7.09. The second-order valence-electron chi connectivity index (χ2n) is 5.40. The molecule has 2 aromatic carbocycles. The molecule has 1 unspecified atom stereocenters. The molecule has 1 aliphatic rings. The number of ether oxygens (including phenoxy) is 2. The lowest BCUT2D eigenvalue weighted by molar-refractivity contribution is -0.131. The molecule has 22 heavy (non-hydrogen) atoms. The predicted molar refractivity (Wildman–Crippen MR) is 83.7 cm³/mol. The molecule has 0 bridgehead atoms. The number of morpholine rings is 1. The smallest absolute Gasteiger partial charge is 0.246 e. The molecular weight excluding hydrogens is 278 g/mol. The number of hydrogen-bond donors (Lipinski definition) is 1. The Labute approximate surface area is 130 Å². The van der Waals surface area contributed by atoms with E-state index in [2.05, 4.69) is 5.32 Å². The fourth-order valence-corrected chi connectivity index (χ4v) is 2.46. The van der Waals surface area contributed by atoms with Crippen LogP contribution in [0, 0.1) is 0 Å². The molecule has 4 nitrogen and oxygen atoms in total. The van der Waals surface area contributed by atoms with Crippen LogP contribution in [0.1, 0.15) is 11.1 Å². The summed E-state index contributed by atoms with van der Waals surface area (Å²) < 4.78 is 11.0. The first-order chi connectivity index (χ1) is 10.8. The van der Waals surface area contributed by atoms with E-state index in [1.807, 2.05) is 54.6 Å². The van der Waals surface area contributed by atoms with Crippen molar-refractivity contribution in [1.82, 2.24) is 5.32 Å². The van der Waals surface area contributed by atoms with E-state index in [0.29, 0.717) is 13.2 Å². The number of nitrogens with one attached hydrogen (secondary N) is 1. The van der Waals surface area contributed by atoms with Gasteiger partial charge in [0.05, 0.1) is 12.6 Å². The molecule has 2 aromatic rings. The van der Waals surface area contributed by atoms with Gasteiger partial charge in [0.1, 0.15) is 19.0 Å². The zero-order valence-corrected chi connectivity index (χ0v) is 12.3. The molecule has 1 aliphatic heterocycles. The van der Waals surface area contributed by atoms with Gasteiger partial charge in [0.25, 0.3) is 0 Å². The van der Waals surface area contributed by atoms with Crippen molar-refractivity contribution in [2.24, 2.45) is 0 Å². The lowest BCUT2D eigenvalue weighted by Crippen LogP contribution is -2.46. The van der Waals surface area contributed by atoms with Crippen LogP contribution < -0.4 is 10.1 Å². The summed E-state index contributed by atoms with van der Waals surface area (Å²) in [5.41, 5.74) is 2.30. The van der Waals surface area contributed by atoms with Crippen LogP contribution in [0.3, 0.4) is 0 Å². The van der Waals surface area contributed by atoms with Crippen molar-refractivity contribution >= 4 is 5.91 Å². The van der Waals surface area contributed by atoms with Crippen LogP contribution in [0.4, 0.5) is 0 Å². The fraction of sp³-hybridized carbons (Fsp3) is 0.278. The molecular formula is C18H19NO3. The van der Waals surface area contributed by atoms with Crippen molar-refractivity contribution in [2.45, 2.75) is 19.1 Å². The zero-order valence-electron chi connectivity index (χ0n) is 12.3. The highest BCUT2D eigenvalue weighted by Gasteiger charge is 2.18. The van der Waals surface area contributed by atoms with Crippen molar-refractivity contribution in [3.63, 3.8) is 0 Å². The summed E-state index contributed by atoms with van der Waals surface area (Å²) >= 11 is 0. The minimum atomic E-state index is -0.0425. The van der Waals surface area contributed by atoms with Gasteiger partial charge in [-0.1, -0.05) is 42.5 Å². The average molecular weight is 297 g/mol. The lowest BCUT2D eigenvalue weighted by Gasteiger charge is -2.23. The summed E-state index contributed by atoms with van der Waals surface area (Å²) in [6, 6.07) is 18.1. The van der Waals surface area contributed by atoms with Crippen molar-refractivity contribution in [1.29, 1.82) is 0 Å². The Kier molecular flexibility index (Phi) is 4.71. The van der Waals surface area contributed by atoms with E-state index in [9.17, 15) is 4.79 Å². The van der Waals surface area contributed by atoms with Gasteiger partial charge < -0.3 is 14.8 Å². The minimum Gasteiger partial charge on any atom is -0.489 e. The Hall–Kier alpha value is -2.33. The first-order valence-corrected chi connectivity index (χ1v) is 7.42. The minimum absolute atomic E-state index is 0.0425. The molecule has 1 fully saturated rings. The summed E-state index contributed by atoms with van der Waals surface area (Å²) in [7, 11) is 0. The van der Waals surface area contributed by atoms with Gasteiger partial charge in [0, 0.05) is 0 Å². The highest BCUT2D eigenvalue weighted by Crippen LogP contribution is 2.15. The Morgan fingerprint density at radius 3 is 2.55 bits per heavy atom. The zero-order chi connectivity index (χ0) is 15.2. The topological polar surface area (TPSA) is 47.6 Å². The molecule has 1 N–H and O–H groups in total. The van der Waals surface area contributed by atoms with Gasteiger partial charge in [0.2, 0.25) is 5.91 Å². The van der Waals surface area contributed by atoms with E-state index >= 15 is 0 Å². The first-order valence-electron chi connectivity index (χ1n) is 7.42. The molecule has 0 radical (unpaired) electrons. The fourth-order valence-electron chi connectivity index (χ4n) is 2.46. The van der Waals surface area contributed by atoms with Crippen molar-refractivity contribution < 1.29 is 14.3 Å². The van der Waals surface area contributed by atoms with Gasteiger partial charge in [-0.3, -0.25) is 4.79 Å². The van der Waals surface area contributed by atoms with E-state index in [1.54, 1.807) is 0 Å². The molecule has 1 amide bonds. The summed E-state index contributed by atoms with van der Waals surface area (Å²) in [6.07, 6.45) is 0.769. The number of benzene rings is 2. The van der Waals surface area contributed by atoms with Gasteiger partial charge in [-0.2, -0.15) is 0 Å². The number of carbonyl (C=O) groups is 1. The summed E-state index contributed by atoms with van der Waals surface area (Å²) in [6.45, 7) is 1.30. The largest absolute Gasteiger partial charge is 0.489 e. The van der Waals surface area contributed by atoms with Crippen LogP contribution >= 0.6 is 0 Å². The molecule has 4 heteroatoms. The molecule has 1 heterocycles. The maximum atomic E-state index is 11.3. The molecule has 1 saturated heterocycles. The number of rotatable bonds is 5. The number of hydrogen-bond acceptors (Lipinski definition) is 3.